The Morgan fingerprint density at radius 1 is 1.67 bits per heavy atom. The molecule has 1 saturated heterocycles. The molecule has 1 rings (SSSR count). The minimum atomic E-state index is -0.277. The van der Waals surface area contributed by atoms with E-state index >= 15 is 0 Å². The summed E-state index contributed by atoms with van der Waals surface area (Å²) in [7, 11) is 0. The molecule has 3 N–H and O–H groups in total. The van der Waals surface area contributed by atoms with Gasteiger partial charge in [0.15, 0.2) is 6.23 Å². The van der Waals surface area contributed by atoms with Crippen LogP contribution in [0.15, 0.2) is 0 Å². The normalized spacial score (nSPS) is 29.5. The average Bonchev–Trinajstić information content (AvgIpc) is 2.31. The third-order valence-corrected chi connectivity index (χ3v) is 1.85. The van der Waals surface area contributed by atoms with Crippen molar-refractivity contribution in [2.24, 2.45) is 11.7 Å². The second-order valence-corrected chi connectivity index (χ2v) is 3.51. The van der Waals surface area contributed by atoms with E-state index in [9.17, 15) is 4.79 Å². The molecule has 1 aliphatic heterocycles. The lowest BCUT2D eigenvalue weighted by Crippen LogP contribution is -2.36. The van der Waals surface area contributed by atoms with Crippen LogP contribution in [0.25, 0.3) is 0 Å². The van der Waals surface area contributed by atoms with Gasteiger partial charge >= 0.3 is 5.97 Å². The van der Waals surface area contributed by atoms with E-state index in [-0.39, 0.29) is 18.2 Å². The number of hydrogen-bond donors (Lipinski definition) is 2. The van der Waals surface area contributed by atoms with Crippen molar-refractivity contribution in [2.45, 2.75) is 32.5 Å². The highest BCUT2D eigenvalue weighted by atomic mass is 16.6. The van der Waals surface area contributed by atoms with E-state index in [1.54, 1.807) is 0 Å². The number of carbonyl (C=O) groups is 1. The van der Waals surface area contributed by atoms with Crippen molar-refractivity contribution in [3.63, 3.8) is 0 Å². The van der Waals surface area contributed by atoms with E-state index < -0.39 is 0 Å². The summed E-state index contributed by atoms with van der Waals surface area (Å²) in [5.74, 6) is 0.325. The van der Waals surface area contributed by atoms with Crippen LogP contribution < -0.4 is 11.1 Å². The summed E-state index contributed by atoms with van der Waals surface area (Å²) in [5, 5.41) is 3.02. The number of esters is 1. The number of nitrogens with one attached hydrogen (secondary N) is 1. The Labute approximate surface area is 72.5 Å². The Balaban J connectivity index is 2.41. The van der Waals surface area contributed by atoms with E-state index in [1.807, 2.05) is 0 Å². The molecule has 0 bridgehead atoms. The molecule has 0 aliphatic carbocycles. The van der Waals surface area contributed by atoms with E-state index in [1.165, 1.54) is 0 Å². The zero-order valence-electron chi connectivity index (χ0n) is 7.54. The highest BCUT2D eigenvalue weighted by Crippen LogP contribution is 2.12. The third kappa shape index (κ3) is 2.19. The number of rotatable bonds is 3. The molecule has 2 atom stereocenters. The summed E-state index contributed by atoms with van der Waals surface area (Å²) in [6.45, 7) is 4.50. The monoisotopic (exact) mass is 172 g/mol. The van der Waals surface area contributed by atoms with Gasteiger partial charge in [-0.1, -0.05) is 13.8 Å². The Morgan fingerprint density at radius 2 is 2.33 bits per heavy atom. The van der Waals surface area contributed by atoms with Gasteiger partial charge in [0, 0.05) is 6.54 Å². The third-order valence-electron chi connectivity index (χ3n) is 1.85. The number of ether oxygens (including phenoxy) is 1. The molecular formula is C8H16N2O2. The second kappa shape index (κ2) is 3.87. The first kappa shape index (κ1) is 9.48. The first-order valence-electron chi connectivity index (χ1n) is 4.30. The van der Waals surface area contributed by atoms with Crippen molar-refractivity contribution in [3.8, 4) is 0 Å². The molecule has 4 nitrogen and oxygen atoms in total. The lowest BCUT2D eigenvalue weighted by atomic mass is 10.0. The maximum atomic E-state index is 11.1. The van der Waals surface area contributed by atoms with Crippen molar-refractivity contribution < 1.29 is 9.53 Å². The van der Waals surface area contributed by atoms with Crippen molar-refractivity contribution in [1.29, 1.82) is 0 Å². The maximum absolute atomic E-state index is 11.1. The van der Waals surface area contributed by atoms with Crippen molar-refractivity contribution in [1.82, 2.24) is 5.32 Å². The first-order valence-corrected chi connectivity index (χ1v) is 4.30. The van der Waals surface area contributed by atoms with Crippen LogP contribution in [0.1, 0.15) is 20.3 Å². The van der Waals surface area contributed by atoms with Gasteiger partial charge in [0.1, 0.15) is 6.04 Å². The van der Waals surface area contributed by atoms with Crippen LogP contribution in [0.5, 0.6) is 0 Å². The average molecular weight is 172 g/mol. The minimum absolute atomic E-state index is 0.154. The molecule has 12 heavy (non-hydrogen) atoms. The molecule has 1 heterocycles. The van der Waals surface area contributed by atoms with Crippen LogP contribution >= 0.6 is 0 Å². The van der Waals surface area contributed by atoms with Crippen LogP contribution in [0.3, 0.4) is 0 Å². The summed E-state index contributed by atoms with van der Waals surface area (Å²) in [6, 6.07) is -0.154. The topological polar surface area (TPSA) is 64.3 Å². The summed E-state index contributed by atoms with van der Waals surface area (Å²) in [6.07, 6.45) is 0.538. The molecule has 0 spiro atoms. The molecule has 0 aromatic heterocycles. The van der Waals surface area contributed by atoms with Gasteiger partial charge in [-0.2, -0.15) is 0 Å². The number of carbonyl (C=O) groups excluding carboxylic acids is 1. The summed E-state index contributed by atoms with van der Waals surface area (Å²) in [4.78, 5) is 11.1. The van der Waals surface area contributed by atoms with Gasteiger partial charge in [-0.3, -0.25) is 10.1 Å². The summed E-state index contributed by atoms with van der Waals surface area (Å²) < 4.78 is 4.95. The Hall–Kier alpha value is -0.610. The van der Waals surface area contributed by atoms with Crippen LogP contribution in [-0.2, 0) is 9.53 Å². The molecule has 0 aromatic carbocycles. The first-order chi connectivity index (χ1) is 5.63. The number of hydrogen-bond acceptors (Lipinski definition) is 4. The molecule has 70 valence electrons. The van der Waals surface area contributed by atoms with E-state index in [0.717, 1.165) is 6.42 Å². The quantitative estimate of drug-likeness (QED) is 0.580. The fraction of sp³-hybridized carbons (Fsp3) is 0.875. The lowest BCUT2D eigenvalue weighted by Gasteiger charge is -2.09. The van der Waals surface area contributed by atoms with Crippen molar-refractivity contribution >= 4 is 5.97 Å². The van der Waals surface area contributed by atoms with E-state index in [4.69, 9.17) is 10.5 Å². The molecule has 0 aromatic rings. The van der Waals surface area contributed by atoms with Crippen LogP contribution in [0.4, 0.5) is 0 Å². The van der Waals surface area contributed by atoms with Gasteiger partial charge in [-0.15, -0.1) is 0 Å². The minimum Gasteiger partial charge on any atom is -0.444 e. The van der Waals surface area contributed by atoms with Gasteiger partial charge in [-0.25, -0.2) is 0 Å². The van der Waals surface area contributed by atoms with Crippen LogP contribution in [0.2, 0.25) is 0 Å². The predicted molar refractivity (Wildman–Crippen MR) is 45.3 cm³/mol. The van der Waals surface area contributed by atoms with Crippen molar-refractivity contribution in [2.75, 3.05) is 6.54 Å². The van der Waals surface area contributed by atoms with E-state index in [2.05, 4.69) is 19.2 Å². The van der Waals surface area contributed by atoms with Crippen LogP contribution in [0, 0.1) is 5.92 Å². The highest BCUT2D eigenvalue weighted by Gasteiger charge is 2.32. The lowest BCUT2D eigenvalue weighted by molar-refractivity contribution is -0.142. The molecule has 0 saturated carbocycles. The number of nitrogens with two attached hydrogens (primary N) is 1. The molecular weight excluding hydrogens is 156 g/mol. The Morgan fingerprint density at radius 3 is 2.75 bits per heavy atom. The van der Waals surface area contributed by atoms with Gasteiger partial charge in [0.2, 0.25) is 0 Å². The highest BCUT2D eigenvalue weighted by molar-refractivity contribution is 5.77. The zero-order valence-corrected chi connectivity index (χ0v) is 7.54. The molecule has 0 amide bonds. The van der Waals surface area contributed by atoms with Gasteiger partial charge in [0.05, 0.1) is 0 Å². The van der Waals surface area contributed by atoms with Gasteiger partial charge < -0.3 is 10.5 Å². The van der Waals surface area contributed by atoms with E-state index in [0.29, 0.717) is 12.5 Å². The Bertz CT molecular complexity index is 170. The van der Waals surface area contributed by atoms with Crippen LogP contribution in [-0.4, -0.2) is 24.8 Å². The second-order valence-electron chi connectivity index (χ2n) is 3.51. The molecule has 1 aliphatic rings. The smallest absolute Gasteiger partial charge is 0.324 e. The van der Waals surface area contributed by atoms with Gasteiger partial charge in [-0.05, 0) is 12.3 Å². The molecule has 2 unspecified atom stereocenters. The zero-order chi connectivity index (χ0) is 9.14. The fourth-order valence-electron chi connectivity index (χ4n) is 1.30. The standard InChI is InChI=1S/C8H16N2O2/c1-5(2)3-6-8(11)12-7(4-9)10-6/h5-7,10H,3-4,9H2,1-2H3. The van der Waals surface area contributed by atoms with Crippen molar-refractivity contribution in [3.05, 3.63) is 0 Å². The molecule has 0 radical (unpaired) electrons. The number of cyclic esters (lactones) is 1. The maximum Gasteiger partial charge on any atom is 0.324 e. The molecule has 1 fully saturated rings. The summed E-state index contributed by atoms with van der Waals surface area (Å²) in [5.41, 5.74) is 5.35. The SMILES string of the molecule is CC(C)CC1NC(CN)OC1=O. The largest absolute Gasteiger partial charge is 0.444 e. The van der Waals surface area contributed by atoms with Gasteiger partial charge in [0.25, 0.3) is 0 Å². The summed E-state index contributed by atoms with van der Waals surface area (Å²) >= 11 is 0. The fourth-order valence-corrected chi connectivity index (χ4v) is 1.30. The predicted octanol–water partition coefficient (Wildman–Crippen LogP) is -0.168. The molecule has 4 heteroatoms. The Kier molecular flexibility index (Phi) is 3.05.